The van der Waals surface area contributed by atoms with Crippen LogP contribution in [0.5, 0.6) is 5.75 Å². The third kappa shape index (κ3) is 3.53. The Balaban J connectivity index is 1.80. The fourth-order valence-corrected chi connectivity index (χ4v) is 3.42. The van der Waals surface area contributed by atoms with Gasteiger partial charge in [-0.3, -0.25) is 0 Å². The van der Waals surface area contributed by atoms with Crippen LogP contribution >= 0.6 is 0 Å². The molecular weight excluding hydrogens is 302 g/mol. The van der Waals surface area contributed by atoms with Crippen molar-refractivity contribution < 1.29 is 14.3 Å². The highest BCUT2D eigenvalue weighted by Crippen LogP contribution is 2.36. The van der Waals surface area contributed by atoms with E-state index in [4.69, 9.17) is 9.47 Å². The summed E-state index contributed by atoms with van der Waals surface area (Å²) in [7, 11) is 1.67. The molecular formula is C20H23NO3. The van der Waals surface area contributed by atoms with E-state index in [-0.39, 0.29) is 18.1 Å². The molecule has 1 amide bonds. The van der Waals surface area contributed by atoms with E-state index in [1.165, 1.54) is 16.7 Å². The Kier molecular flexibility index (Phi) is 5.04. The topological polar surface area (TPSA) is 47.6 Å². The summed E-state index contributed by atoms with van der Waals surface area (Å²) in [6.45, 7) is 2.20. The van der Waals surface area contributed by atoms with Crippen LogP contribution in [0.1, 0.15) is 29.5 Å². The van der Waals surface area contributed by atoms with E-state index in [2.05, 4.69) is 41.7 Å². The zero-order chi connectivity index (χ0) is 16.9. The van der Waals surface area contributed by atoms with Gasteiger partial charge in [0.2, 0.25) is 0 Å². The van der Waals surface area contributed by atoms with E-state index in [0.29, 0.717) is 6.61 Å². The van der Waals surface area contributed by atoms with E-state index < -0.39 is 0 Å². The van der Waals surface area contributed by atoms with Gasteiger partial charge in [-0.2, -0.15) is 0 Å². The smallest absolute Gasteiger partial charge is 0.407 e. The number of methoxy groups -OCH3 is 1. The Hall–Kier alpha value is -2.49. The van der Waals surface area contributed by atoms with Crippen molar-refractivity contribution in [1.29, 1.82) is 0 Å². The van der Waals surface area contributed by atoms with Gasteiger partial charge in [-0.1, -0.05) is 36.4 Å². The maximum absolute atomic E-state index is 11.9. The molecule has 4 heteroatoms. The maximum Gasteiger partial charge on any atom is 0.407 e. The molecule has 2 unspecified atom stereocenters. The van der Waals surface area contributed by atoms with Crippen LogP contribution in [0.25, 0.3) is 0 Å². The molecule has 3 rings (SSSR count). The number of carbonyl (C=O) groups is 1. The summed E-state index contributed by atoms with van der Waals surface area (Å²) >= 11 is 0. The molecule has 1 aliphatic rings. The average Bonchev–Trinajstić information content (AvgIpc) is 2.93. The number of hydrogen-bond donors (Lipinski definition) is 1. The Morgan fingerprint density at radius 3 is 2.62 bits per heavy atom. The van der Waals surface area contributed by atoms with E-state index in [9.17, 15) is 4.79 Å². The molecule has 126 valence electrons. The molecule has 0 heterocycles. The van der Waals surface area contributed by atoms with Gasteiger partial charge in [-0.05, 0) is 48.6 Å². The summed E-state index contributed by atoms with van der Waals surface area (Å²) in [5, 5.41) is 3.03. The van der Waals surface area contributed by atoms with Crippen molar-refractivity contribution in [3.05, 3.63) is 65.2 Å². The number of amides is 1. The van der Waals surface area contributed by atoms with Gasteiger partial charge in [-0.15, -0.1) is 0 Å². The molecule has 0 bridgehead atoms. The summed E-state index contributed by atoms with van der Waals surface area (Å²) in [6, 6.07) is 16.6. The second-order valence-electron chi connectivity index (χ2n) is 6.03. The molecule has 0 radical (unpaired) electrons. The number of benzene rings is 2. The monoisotopic (exact) mass is 325 g/mol. The van der Waals surface area contributed by atoms with Gasteiger partial charge in [0.15, 0.2) is 0 Å². The Bertz CT molecular complexity index is 696. The molecule has 0 saturated carbocycles. The second-order valence-corrected chi connectivity index (χ2v) is 6.03. The van der Waals surface area contributed by atoms with Crippen LogP contribution in [0.4, 0.5) is 4.79 Å². The van der Waals surface area contributed by atoms with Crippen LogP contribution < -0.4 is 10.1 Å². The molecule has 0 aliphatic heterocycles. The van der Waals surface area contributed by atoms with Gasteiger partial charge in [0.25, 0.3) is 0 Å². The van der Waals surface area contributed by atoms with Gasteiger partial charge in [0, 0.05) is 12.0 Å². The number of fused-ring (bicyclic) bond motifs is 1. The number of carbonyl (C=O) groups excluding carboxylic acids is 1. The van der Waals surface area contributed by atoms with Crippen molar-refractivity contribution in [3.8, 4) is 5.75 Å². The van der Waals surface area contributed by atoms with E-state index in [1.807, 2.05) is 19.1 Å². The van der Waals surface area contributed by atoms with E-state index in [1.54, 1.807) is 7.11 Å². The molecule has 24 heavy (non-hydrogen) atoms. The van der Waals surface area contributed by atoms with Crippen molar-refractivity contribution in [2.75, 3.05) is 13.7 Å². The molecule has 2 atom stereocenters. The lowest BCUT2D eigenvalue weighted by Crippen LogP contribution is -2.38. The highest BCUT2D eigenvalue weighted by Gasteiger charge is 2.33. The lowest BCUT2D eigenvalue weighted by Gasteiger charge is -2.22. The average molecular weight is 325 g/mol. The predicted molar refractivity (Wildman–Crippen MR) is 93.5 cm³/mol. The van der Waals surface area contributed by atoms with Crippen LogP contribution in [-0.2, 0) is 17.6 Å². The first-order valence-electron chi connectivity index (χ1n) is 8.35. The quantitative estimate of drug-likeness (QED) is 0.912. The molecule has 1 aliphatic carbocycles. The predicted octanol–water partition coefficient (Wildman–Crippen LogP) is 3.69. The summed E-state index contributed by atoms with van der Waals surface area (Å²) in [4.78, 5) is 11.9. The van der Waals surface area contributed by atoms with Gasteiger partial charge >= 0.3 is 6.09 Å². The summed E-state index contributed by atoms with van der Waals surface area (Å²) < 4.78 is 10.3. The van der Waals surface area contributed by atoms with Crippen LogP contribution in [0.2, 0.25) is 0 Å². The first-order valence-corrected chi connectivity index (χ1v) is 8.35. The first kappa shape index (κ1) is 16.4. The molecule has 2 aromatic rings. The Labute approximate surface area is 142 Å². The number of nitrogens with one attached hydrogen (secondary N) is 1. The summed E-state index contributed by atoms with van der Waals surface area (Å²) in [5.41, 5.74) is 3.85. The van der Waals surface area contributed by atoms with E-state index >= 15 is 0 Å². The summed E-state index contributed by atoms with van der Waals surface area (Å²) in [6.07, 6.45) is 1.38. The first-order chi connectivity index (χ1) is 11.7. The van der Waals surface area contributed by atoms with Crippen LogP contribution in [-0.4, -0.2) is 25.9 Å². The standard InChI is InChI=1S/C20H23NO3/c1-3-24-20(22)21-19-13-15-6-4-5-7-17(15)18(19)12-14-8-10-16(23-2)11-9-14/h4-11,18-19H,3,12-13H2,1-2H3,(H,21,22). The summed E-state index contributed by atoms with van der Waals surface area (Å²) in [5.74, 6) is 1.10. The molecule has 1 N–H and O–H groups in total. The van der Waals surface area contributed by atoms with Gasteiger partial charge in [0.1, 0.15) is 5.75 Å². The van der Waals surface area contributed by atoms with Crippen molar-refractivity contribution in [3.63, 3.8) is 0 Å². The third-order valence-corrected chi connectivity index (χ3v) is 4.57. The van der Waals surface area contributed by atoms with Crippen LogP contribution in [0.3, 0.4) is 0 Å². The molecule has 2 aromatic carbocycles. The minimum atomic E-state index is -0.338. The third-order valence-electron chi connectivity index (χ3n) is 4.57. The van der Waals surface area contributed by atoms with Crippen molar-refractivity contribution in [1.82, 2.24) is 5.32 Å². The van der Waals surface area contributed by atoms with Crippen LogP contribution in [0, 0.1) is 0 Å². The second kappa shape index (κ2) is 7.39. The molecule has 0 saturated heterocycles. The highest BCUT2D eigenvalue weighted by molar-refractivity contribution is 5.68. The minimum Gasteiger partial charge on any atom is -0.497 e. The van der Waals surface area contributed by atoms with Crippen molar-refractivity contribution >= 4 is 6.09 Å². The van der Waals surface area contributed by atoms with E-state index in [0.717, 1.165) is 18.6 Å². The zero-order valence-corrected chi connectivity index (χ0v) is 14.1. The number of ether oxygens (including phenoxy) is 2. The molecule has 0 aromatic heterocycles. The van der Waals surface area contributed by atoms with Gasteiger partial charge < -0.3 is 14.8 Å². The SMILES string of the molecule is CCOC(=O)NC1Cc2ccccc2C1Cc1ccc(OC)cc1. The number of rotatable bonds is 5. The van der Waals surface area contributed by atoms with Gasteiger partial charge in [0.05, 0.1) is 13.7 Å². The molecule has 0 fully saturated rings. The minimum absolute atomic E-state index is 0.0588. The maximum atomic E-state index is 11.9. The van der Waals surface area contributed by atoms with Crippen LogP contribution in [0.15, 0.2) is 48.5 Å². The molecule has 0 spiro atoms. The highest BCUT2D eigenvalue weighted by atomic mass is 16.5. The lowest BCUT2D eigenvalue weighted by molar-refractivity contribution is 0.147. The fourth-order valence-electron chi connectivity index (χ4n) is 3.42. The lowest BCUT2D eigenvalue weighted by atomic mass is 9.91. The van der Waals surface area contributed by atoms with Crippen molar-refractivity contribution in [2.45, 2.75) is 31.7 Å². The Morgan fingerprint density at radius 2 is 1.92 bits per heavy atom. The zero-order valence-electron chi connectivity index (χ0n) is 14.1. The number of alkyl carbamates (subject to hydrolysis) is 1. The number of hydrogen-bond acceptors (Lipinski definition) is 3. The largest absolute Gasteiger partial charge is 0.497 e. The Morgan fingerprint density at radius 1 is 1.17 bits per heavy atom. The molecule has 4 nitrogen and oxygen atoms in total. The van der Waals surface area contributed by atoms with Gasteiger partial charge in [-0.25, -0.2) is 4.79 Å². The van der Waals surface area contributed by atoms with Crippen molar-refractivity contribution in [2.24, 2.45) is 0 Å². The fraction of sp³-hybridized carbons (Fsp3) is 0.350. The normalized spacial score (nSPS) is 18.8.